The number of amides is 2. The minimum Gasteiger partial charge on any atom is -0.494 e. The van der Waals surface area contributed by atoms with Gasteiger partial charge < -0.3 is 19.5 Å². The van der Waals surface area contributed by atoms with Crippen LogP contribution in [0.25, 0.3) is 10.9 Å². The van der Waals surface area contributed by atoms with E-state index < -0.39 is 0 Å². The summed E-state index contributed by atoms with van der Waals surface area (Å²) in [5.74, 6) is 0.738. The number of aromatic amines is 1. The molecule has 150 valence electrons. The number of aromatic nitrogens is 1. The van der Waals surface area contributed by atoms with E-state index in [-0.39, 0.29) is 11.8 Å². The van der Waals surface area contributed by atoms with Crippen LogP contribution < -0.4 is 4.74 Å². The molecule has 1 N–H and O–H groups in total. The van der Waals surface area contributed by atoms with Gasteiger partial charge in [0.2, 0.25) is 0 Å². The molecule has 1 aliphatic heterocycles. The molecule has 3 aromatic rings. The number of para-hydroxylation sites is 1. The van der Waals surface area contributed by atoms with Crippen molar-refractivity contribution in [1.29, 1.82) is 0 Å². The smallest absolute Gasteiger partial charge is 0.270 e. The summed E-state index contributed by atoms with van der Waals surface area (Å²) in [6, 6.07) is 15.1. The van der Waals surface area contributed by atoms with E-state index in [1.807, 2.05) is 55.1 Å². The van der Waals surface area contributed by atoms with E-state index in [0.29, 0.717) is 44.0 Å². The number of carbonyl (C=O) groups is 2. The molecule has 1 aliphatic rings. The van der Waals surface area contributed by atoms with Gasteiger partial charge in [0.15, 0.2) is 0 Å². The average molecular weight is 391 g/mol. The third-order valence-corrected chi connectivity index (χ3v) is 5.45. The molecule has 0 saturated carbocycles. The molecule has 2 amide bonds. The van der Waals surface area contributed by atoms with Crippen LogP contribution in [0.5, 0.6) is 5.75 Å². The van der Waals surface area contributed by atoms with Crippen molar-refractivity contribution in [1.82, 2.24) is 14.8 Å². The maximum Gasteiger partial charge on any atom is 0.270 e. The lowest BCUT2D eigenvalue weighted by molar-refractivity contribution is 0.0532. The fourth-order valence-corrected chi connectivity index (χ4v) is 3.81. The Balaban J connectivity index is 1.41. The molecule has 6 heteroatoms. The predicted molar refractivity (Wildman–Crippen MR) is 112 cm³/mol. The quantitative estimate of drug-likeness (QED) is 0.741. The van der Waals surface area contributed by atoms with Crippen molar-refractivity contribution in [2.24, 2.45) is 0 Å². The van der Waals surface area contributed by atoms with Crippen LogP contribution in [-0.2, 0) is 0 Å². The van der Waals surface area contributed by atoms with Gasteiger partial charge in [-0.1, -0.05) is 18.2 Å². The van der Waals surface area contributed by atoms with Gasteiger partial charge in [-0.25, -0.2) is 0 Å². The maximum atomic E-state index is 13.0. The molecule has 1 fully saturated rings. The van der Waals surface area contributed by atoms with Crippen molar-refractivity contribution in [2.75, 3.05) is 32.8 Å². The Morgan fingerprint density at radius 3 is 2.17 bits per heavy atom. The third kappa shape index (κ3) is 3.70. The molecule has 0 radical (unpaired) electrons. The van der Waals surface area contributed by atoms with E-state index >= 15 is 0 Å². The van der Waals surface area contributed by atoms with Crippen LogP contribution in [0.4, 0.5) is 0 Å². The molecule has 1 aromatic heterocycles. The fourth-order valence-electron chi connectivity index (χ4n) is 3.81. The predicted octanol–water partition coefficient (Wildman–Crippen LogP) is 3.47. The molecular formula is C23H25N3O3. The lowest BCUT2D eigenvalue weighted by Gasteiger charge is -2.34. The SMILES string of the molecule is CCOc1ccc(C(=O)N2CCN(C(=O)c3[nH]c4ccccc4c3C)CC2)cc1. The van der Waals surface area contributed by atoms with E-state index in [2.05, 4.69) is 4.98 Å². The van der Waals surface area contributed by atoms with Gasteiger partial charge in [-0.15, -0.1) is 0 Å². The number of nitrogens with one attached hydrogen (secondary N) is 1. The highest BCUT2D eigenvalue weighted by Gasteiger charge is 2.27. The molecule has 2 aromatic carbocycles. The van der Waals surface area contributed by atoms with Crippen LogP contribution in [-0.4, -0.2) is 59.4 Å². The van der Waals surface area contributed by atoms with E-state index in [1.54, 1.807) is 17.0 Å². The lowest BCUT2D eigenvalue weighted by Crippen LogP contribution is -2.50. The maximum absolute atomic E-state index is 13.0. The van der Waals surface area contributed by atoms with E-state index in [9.17, 15) is 9.59 Å². The van der Waals surface area contributed by atoms with Crippen LogP contribution in [0, 0.1) is 6.92 Å². The number of aryl methyl sites for hydroxylation is 1. The minimum atomic E-state index is -0.0121. The Morgan fingerprint density at radius 2 is 1.55 bits per heavy atom. The van der Waals surface area contributed by atoms with Gasteiger partial charge in [-0.2, -0.15) is 0 Å². The van der Waals surface area contributed by atoms with Gasteiger partial charge in [0.05, 0.1) is 6.61 Å². The Bertz CT molecular complexity index is 1030. The third-order valence-electron chi connectivity index (χ3n) is 5.45. The number of nitrogens with zero attached hydrogens (tertiary/aromatic N) is 2. The summed E-state index contributed by atoms with van der Waals surface area (Å²) in [5, 5.41) is 1.07. The van der Waals surface area contributed by atoms with Gasteiger partial charge >= 0.3 is 0 Å². The number of fused-ring (bicyclic) bond motifs is 1. The summed E-state index contributed by atoms with van der Waals surface area (Å²) in [5.41, 5.74) is 3.22. The number of benzene rings is 2. The summed E-state index contributed by atoms with van der Waals surface area (Å²) in [6.45, 7) is 6.59. The van der Waals surface area contributed by atoms with Crippen molar-refractivity contribution in [2.45, 2.75) is 13.8 Å². The second kappa shape index (κ2) is 7.99. The highest BCUT2D eigenvalue weighted by molar-refractivity contribution is 6.01. The zero-order valence-corrected chi connectivity index (χ0v) is 16.8. The summed E-state index contributed by atoms with van der Waals surface area (Å²) in [7, 11) is 0. The highest BCUT2D eigenvalue weighted by Crippen LogP contribution is 2.23. The fraction of sp³-hybridized carbons (Fsp3) is 0.304. The average Bonchev–Trinajstić information content (AvgIpc) is 3.10. The van der Waals surface area contributed by atoms with Crippen molar-refractivity contribution in [3.63, 3.8) is 0 Å². The molecular weight excluding hydrogens is 366 g/mol. The summed E-state index contributed by atoms with van der Waals surface area (Å²) >= 11 is 0. The Morgan fingerprint density at radius 1 is 0.931 bits per heavy atom. The first-order valence-electron chi connectivity index (χ1n) is 9.97. The van der Waals surface area contributed by atoms with E-state index in [4.69, 9.17) is 4.74 Å². The molecule has 4 rings (SSSR count). The highest BCUT2D eigenvalue weighted by atomic mass is 16.5. The largest absolute Gasteiger partial charge is 0.494 e. The molecule has 0 spiro atoms. The first kappa shape index (κ1) is 19.1. The standard InChI is InChI=1S/C23H25N3O3/c1-3-29-18-10-8-17(9-11-18)22(27)25-12-14-26(15-13-25)23(28)21-16(2)19-6-4-5-7-20(19)24-21/h4-11,24H,3,12-15H2,1-2H3. The zero-order valence-electron chi connectivity index (χ0n) is 16.8. The zero-order chi connectivity index (χ0) is 20.4. The lowest BCUT2D eigenvalue weighted by atomic mass is 10.1. The topological polar surface area (TPSA) is 65.6 Å². The number of piperazine rings is 1. The van der Waals surface area contributed by atoms with Crippen molar-refractivity contribution in [3.8, 4) is 5.75 Å². The monoisotopic (exact) mass is 391 g/mol. The Kier molecular flexibility index (Phi) is 5.25. The van der Waals surface area contributed by atoms with Gasteiger partial charge in [-0.3, -0.25) is 9.59 Å². The number of rotatable bonds is 4. The molecule has 2 heterocycles. The molecule has 1 saturated heterocycles. The summed E-state index contributed by atoms with van der Waals surface area (Å²) in [4.78, 5) is 32.7. The minimum absolute atomic E-state index is 0.00753. The van der Waals surface area contributed by atoms with Gasteiger partial charge in [0.25, 0.3) is 11.8 Å². The van der Waals surface area contributed by atoms with Crippen LogP contribution in [0.2, 0.25) is 0 Å². The molecule has 0 unspecified atom stereocenters. The van der Waals surface area contributed by atoms with Gasteiger partial charge in [-0.05, 0) is 49.7 Å². The number of carbonyl (C=O) groups excluding carboxylic acids is 2. The normalized spacial score (nSPS) is 14.3. The summed E-state index contributed by atoms with van der Waals surface area (Å²) in [6.07, 6.45) is 0. The van der Waals surface area contributed by atoms with E-state index in [1.165, 1.54) is 0 Å². The Labute approximate surface area is 170 Å². The number of hydrogen-bond donors (Lipinski definition) is 1. The second-order valence-electron chi connectivity index (χ2n) is 7.21. The number of ether oxygens (including phenoxy) is 1. The molecule has 0 atom stereocenters. The molecule has 6 nitrogen and oxygen atoms in total. The van der Waals surface area contributed by atoms with Gasteiger partial charge in [0, 0.05) is 42.6 Å². The van der Waals surface area contributed by atoms with Crippen LogP contribution >= 0.6 is 0 Å². The number of hydrogen-bond acceptors (Lipinski definition) is 3. The molecule has 0 aliphatic carbocycles. The molecule has 0 bridgehead atoms. The van der Waals surface area contributed by atoms with Crippen LogP contribution in [0.3, 0.4) is 0 Å². The van der Waals surface area contributed by atoms with Crippen molar-refractivity contribution < 1.29 is 14.3 Å². The van der Waals surface area contributed by atoms with E-state index in [0.717, 1.165) is 22.2 Å². The van der Waals surface area contributed by atoms with Gasteiger partial charge in [0.1, 0.15) is 11.4 Å². The first-order chi connectivity index (χ1) is 14.1. The molecule has 29 heavy (non-hydrogen) atoms. The van der Waals surface area contributed by atoms with Crippen LogP contribution in [0.15, 0.2) is 48.5 Å². The second-order valence-corrected chi connectivity index (χ2v) is 7.21. The van der Waals surface area contributed by atoms with Crippen molar-refractivity contribution in [3.05, 3.63) is 65.4 Å². The number of H-pyrrole nitrogens is 1. The summed E-state index contributed by atoms with van der Waals surface area (Å²) < 4.78 is 5.43. The van der Waals surface area contributed by atoms with Crippen molar-refractivity contribution >= 4 is 22.7 Å². The Hall–Kier alpha value is -3.28. The first-order valence-corrected chi connectivity index (χ1v) is 9.97. The van der Waals surface area contributed by atoms with Crippen LogP contribution in [0.1, 0.15) is 33.3 Å².